The first kappa shape index (κ1) is 14.3. The van der Waals surface area contributed by atoms with Gasteiger partial charge in [0.2, 0.25) is 0 Å². The van der Waals surface area contributed by atoms with Gasteiger partial charge >= 0.3 is 5.97 Å². The lowest BCUT2D eigenvalue weighted by atomic mass is 10.3. The van der Waals surface area contributed by atoms with Crippen LogP contribution in [0.2, 0.25) is 0 Å². The molecule has 0 aliphatic heterocycles. The summed E-state index contributed by atoms with van der Waals surface area (Å²) >= 11 is 0.434. The lowest BCUT2D eigenvalue weighted by Crippen LogP contribution is -2.00. The van der Waals surface area contributed by atoms with Crippen molar-refractivity contribution in [3.8, 4) is 0 Å². The number of para-hydroxylation sites is 1. The van der Waals surface area contributed by atoms with Gasteiger partial charge in [0, 0.05) is 16.6 Å². The Hall–Kier alpha value is -2.09. The molecule has 2 N–H and O–H groups in total. The van der Waals surface area contributed by atoms with Crippen LogP contribution in [0.25, 0.3) is 0 Å². The Morgan fingerprint density at radius 1 is 1.45 bits per heavy atom. The Balaban J connectivity index is 2.04. The number of aromatic carboxylic acids is 1. The fourth-order valence-electron chi connectivity index (χ4n) is 1.49. The molecule has 1 aromatic heterocycles. The number of hydrogen-bond acceptors (Lipinski definition) is 5. The second-order valence-electron chi connectivity index (χ2n) is 3.71. The summed E-state index contributed by atoms with van der Waals surface area (Å²) in [6.07, 6.45) is 0. The highest BCUT2D eigenvalue weighted by molar-refractivity contribution is 7.99. The maximum atomic E-state index is 12.4. The van der Waals surface area contributed by atoms with E-state index in [1.54, 1.807) is 24.3 Å². The molecule has 0 fully saturated rings. The minimum absolute atomic E-state index is 0.154. The average molecular weight is 300 g/mol. The van der Waals surface area contributed by atoms with E-state index in [0.29, 0.717) is 28.1 Å². The number of anilines is 1. The number of halogens is 2. The molecule has 0 radical (unpaired) electrons. The Morgan fingerprint density at radius 3 is 2.85 bits per heavy atom. The van der Waals surface area contributed by atoms with Crippen molar-refractivity contribution in [3.63, 3.8) is 0 Å². The van der Waals surface area contributed by atoms with E-state index in [9.17, 15) is 13.6 Å². The van der Waals surface area contributed by atoms with Crippen LogP contribution in [0.3, 0.4) is 0 Å². The number of alkyl halides is 2. The predicted octanol–water partition coefficient (Wildman–Crippen LogP) is 3.30. The molecular formula is C12H10F2N2O3S. The van der Waals surface area contributed by atoms with Gasteiger partial charge in [0.15, 0.2) is 11.5 Å². The van der Waals surface area contributed by atoms with E-state index in [1.807, 2.05) is 0 Å². The maximum absolute atomic E-state index is 12.4. The minimum atomic E-state index is -2.51. The van der Waals surface area contributed by atoms with Gasteiger partial charge in [-0.1, -0.05) is 29.1 Å². The van der Waals surface area contributed by atoms with Crippen LogP contribution in [0.1, 0.15) is 16.2 Å². The minimum Gasteiger partial charge on any atom is -0.476 e. The molecule has 8 heteroatoms. The summed E-state index contributed by atoms with van der Waals surface area (Å²) < 4.78 is 29.6. The van der Waals surface area contributed by atoms with Crippen molar-refractivity contribution in [1.82, 2.24) is 5.16 Å². The standard InChI is InChI=1S/C12H10F2N2O3S/c13-12(14)20-10-4-2-1-3-8(10)15-6-7-5-9(11(17)18)16-19-7/h1-5,12,15H,6H2,(H,17,18). The van der Waals surface area contributed by atoms with E-state index in [0.717, 1.165) is 0 Å². The van der Waals surface area contributed by atoms with Crippen molar-refractivity contribution in [2.75, 3.05) is 5.32 Å². The maximum Gasteiger partial charge on any atom is 0.358 e. The second kappa shape index (κ2) is 6.38. The number of carboxylic acid groups (broad SMARTS) is 1. The van der Waals surface area contributed by atoms with Gasteiger partial charge in [0.25, 0.3) is 5.76 Å². The van der Waals surface area contributed by atoms with E-state index in [4.69, 9.17) is 9.63 Å². The van der Waals surface area contributed by atoms with E-state index in [2.05, 4.69) is 10.5 Å². The van der Waals surface area contributed by atoms with Crippen LogP contribution >= 0.6 is 11.8 Å². The molecule has 0 aliphatic carbocycles. The Morgan fingerprint density at radius 2 is 2.20 bits per heavy atom. The highest BCUT2D eigenvalue weighted by Crippen LogP contribution is 2.31. The van der Waals surface area contributed by atoms with Gasteiger partial charge in [-0.15, -0.1) is 0 Å². The van der Waals surface area contributed by atoms with E-state index >= 15 is 0 Å². The van der Waals surface area contributed by atoms with Crippen molar-refractivity contribution >= 4 is 23.4 Å². The molecule has 0 aliphatic rings. The topological polar surface area (TPSA) is 75.4 Å². The summed E-state index contributed by atoms with van der Waals surface area (Å²) in [5.41, 5.74) is 0.322. The number of thioether (sulfide) groups is 1. The number of rotatable bonds is 6. The van der Waals surface area contributed by atoms with Crippen molar-refractivity contribution in [1.29, 1.82) is 0 Å². The van der Waals surface area contributed by atoms with E-state index in [-0.39, 0.29) is 12.2 Å². The lowest BCUT2D eigenvalue weighted by molar-refractivity contribution is 0.0685. The van der Waals surface area contributed by atoms with Crippen molar-refractivity contribution in [2.45, 2.75) is 17.2 Å². The van der Waals surface area contributed by atoms with Crippen LogP contribution < -0.4 is 5.32 Å². The van der Waals surface area contributed by atoms with Gasteiger partial charge in [-0.2, -0.15) is 8.78 Å². The molecule has 106 valence electrons. The largest absolute Gasteiger partial charge is 0.476 e. The van der Waals surface area contributed by atoms with E-state index < -0.39 is 11.7 Å². The van der Waals surface area contributed by atoms with Crippen molar-refractivity contribution in [2.24, 2.45) is 0 Å². The third-order valence-corrected chi connectivity index (χ3v) is 3.12. The molecule has 0 amide bonds. The van der Waals surface area contributed by atoms with Gasteiger partial charge in [0.1, 0.15) is 0 Å². The molecule has 1 aromatic carbocycles. The first-order valence-electron chi connectivity index (χ1n) is 5.53. The molecule has 20 heavy (non-hydrogen) atoms. The van der Waals surface area contributed by atoms with Crippen LogP contribution in [-0.2, 0) is 6.54 Å². The zero-order valence-corrected chi connectivity index (χ0v) is 10.9. The van der Waals surface area contributed by atoms with Crippen LogP contribution in [0.4, 0.5) is 14.5 Å². The number of carboxylic acids is 1. The van der Waals surface area contributed by atoms with Crippen LogP contribution in [0, 0.1) is 0 Å². The van der Waals surface area contributed by atoms with Crippen molar-refractivity contribution in [3.05, 3.63) is 41.8 Å². The van der Waals surface area contributed by atoms with Gasteiger partial charge in [-0.25, -0.2) is 4.79 Å². The molecule has 2 aromatic rings. The normalized spacial score (nSPS) is 10.8. The number of benzene rings is 1. The predicted molar refractivity (Wildman–Crippen MR) is 69.1 cm³/mol. The Bertz CT molecular complexity index is 604. The summed E-state index contributed by atoms with van der Waals surface area (Å²) in [5, 5.41) is 15.0. The van der Waals surface area contributed by atoms with Gasteiger partial charge in [0.05, 0.1) is 6.54 Å². The zero-order chi connectivity index (χ0) is 14.5. The number of hydrogen-bond donors (Lipinski definition) is 2. The molecular weight excluding hydrogens is 290 g/mol. The molecule has 0 spiro atoms. The number of nitrogens with one attached hydrogen (secondary N) is 1. The van der Waals surface area contributed by atoms with Gasteiger partial charge < -0.3 is 14.9 Å². The highest BCUT2D eigenvalue weighted by atomic mass is 32.2. The number of aromatic nitrogens is 1. The fraction of sp³-hybridized carbons (Fsp3) is 0.167. The second-order valence-corrected chi connectivity index (χ2v) is 4.74. The summed E-state index contributed by atoms with van der Waals surface area (Å²) in [6.45, 7) is 0.154. The SMILES string of the molecule is O=C(O)c1cc(CNc2ccccc2SC(F)F)on1. The number of nitrogens with zero attached hydrogens (tertiary/aromatic N) is 1. The highest BCUT2D eigenvalue weighted by Gasteiger charge is 2.12. The summed E-state index contributed by atoms with van der Waals surface area (Å²) in [4.78, 5) is 11.0. The monoisotopic (exact) mass is 300 g/mol. The third-order valence-electron chi connectivity index (χ3n) is 2.33. The first-order valence-corrected chi connectivity index (χ1v) is 6.41. The lowest BCUT2D eigenvalue weighted by Gasteiger charge is -2.09. The Labute approximate surface area is 117 Å². The molecule has 0 unspecified atom stereocenters. The molecule has 1 heterocycles. The molecule has 2 rings (SSSR count). The summed E-state index contributed by atoms with van der Waals surface area (Å²) in [7, 11) is 0. The summed E-state index contributed by atoms with van der Waals surface area (Å²) in [6, 6.07) is 7.87. The fourth-order valence-corrected chi connectivity index (χ4v) is 2.11. The number of carbonyl (C=O) groups is 1. The smallest absolute Gasteiger partial charge is 0.358 e. The molecule has 0 bridgehead atoms. The molecule has 0 saturated carbocycles. The first-order chi connectivity index (χ1) is 9.56. The zero-order valence-electron chi connectivity index (χ0n) is 10.0. The van der Waals surface area contributed by atoms with Crippen molar-refractivity contribution < 1.29 is 23.2 Å². The average Bonchev–Trinajstić information content (AvgIpc) is 2.86. The van der Waals surface area contributed by atoms with Crippen LogP contribution in [-0.4, -0.2) is 22.0 Å². The quantitative estimate of drug-likeness (QED) is 0.797. The van der Waals surface area contributed by atoms with Crippen LogP contribution in [0.5, 0.6) is 0 Å². The third kappa shape index (κ3) is 3.70. The molecule has 5 nitrogen and oxygen atoms in total. The summed E-state index contributed by atoms with van der Waals surface area (Å²) in [5.74, 6) is -3.39. The van der Waals surface area contributed by atoms with E-state index in [1.165, 1.54) is 6.07 Å². The molecule has 0 saturated heterocycles. The molecule has 0 atom stereocenters. The Kier molecular flexibility index (Phi) is 4.57. The van der Waals surface area contributed by atoms with Gasteiger partial charge in [-0.3, -0.25) is 0 Å². The van der Waals surface area contributed by atoms with Gasteiger partial charge in [-0.05, 0) is 12.1 Å². The van der Waals surface area contributed by atoms with Crippen LogP contribution in [0.15, 0.2) is 39.8 Å².